The van der Waals surface area contributed by atoms with E-state index in [4.69, 9.17) is 18.9 Å². The predicted molar refractivity (Wildman–Crippen MR) is 149 cm³/mol. The summed E-state index contributed by atoms with van der Waals surface area (Å²) in [7, 11) is 2.93. The fourth-order valence-electron chi connectivity index (χ4n) is 6.48. The fraction of sp³-hybridized carbons (Fsp3) is 0.242. The summed E-state index contributed by atoms with van der Waals surface area (Å²) < 4.78 is 23.8. The second-order valence-electron chi connectivity index (χ2n) is 10.3. The van der Waals surface area contributed by atoms with Crippen molar-refractivity contribution in [2.24, 2.45) is 5.92 Å². The van der Waals surface area contributed by atoms with Crippen LogP contribution in [0.5, 0.6) is 23.0 Å². The van der Waals surface area contributed by atoms with E-state index in [1.807, 2.05) is 36.4 Å². The Bertz CT molecular complexity index is 1560. The number of benzene rings is 4. The average molecular weight is 555 g/mol. The van der Waals surface area contributed by atoms with Gasteiger partial charge in [-0.1, -0.05) is 72.8 Å². The number of aliphatic hydroxyl groups is 2. The van der Waals surface area contributed by atoms with Gasteiger partial charge in [-0.3, -0.25) is 4.79 Å². The summed E-state index contributed by atoms with van der Waals surface area (Å²) >= 11 is 0. The molecule has 210 valence electrons. The topological polar surface area (TPSA) is 115 Å². The van der Waals surface area contributed by atoms with E-state index >= 15 is 0 Å². The number of fused-ring (bicyclic) bond motifs is 3. The first-order chi connectivity index (χ1) is 19.8. The van der Waals surface area contributed by atoms with Gasteiger partial charge in [0.05, 0.1) is 25.7 Å². The minimum absolute atomic E-state index is 0.169. The lowest BCUT2D eigenvalue weighted by atomic mass is 9.70. The molecule has 4 aromatic carbocycles. The van der Waals surface area contributed by atoms with E-state index in [-0.39, 0.29) is 17.1 Å². The highest BCUT2D eigenvalue weighted by Crippen LogP contribution is 2.70. The van der Waals surface area contributed by atoms with Crippen molar-refractivity contribution in [1.29, 1.82) is 0 Å². The van der Waals surface area contributed by atoms with Crippen molar-refractivity contribution in [3.8, 4) is 23.0 Å². The highest BCUT2D eigenvalue weighted by Gasteiger charge is 2.78. The van der Waals surface area contributed by atoms with E-state index in [2.05, 4.69) is 0 Å². The van der Waals surface area contributed by atoms with Crippen LogP contribution in [0.4, 0.5) is 0 Å². The van der Waals surface area contributed by atoms with Crippen LogP contribution in [-0.2, 0) is 22.6 Å². The lowest BCUT2D eigenvalue weighted by Crippen LogP contribution is -2.52. The minimum Gasteiger partial charge on any atom is -0.496 e. The number of carbonyl (C=O) groups is 1. The Labute approximate surface area is 237 Å². The van der Waals surface area contributed by atoms with Crippen molar-refractivity contribution >= 4 is 5.97 Å². The maximum Gasteiger partial charge on any atom is 0.310 e. The number of carboxylic acid groups (broad SMARTS) is 1. The van der Waals surface area contributed by atoms with Gasteiger partial charge in [0.1, 0.15) is 35.7 Å². The molecule has 0 bridgehead atoms. The van der Waals surface area contributed by atoms with Gasteiger partial charge in [-0.2, -0.15) is 0 Å². The monoisotopic (exact) mass is 554 g/mol. The SMILES string of the molecule is COc1cc(OC)c2c(c1)O[C@@]1(c3ccc(OCc4ccccc4)cc3)C(c3ccccc3)C(C(=O)O)[C@@H](O)[C@@]21O. The summed E-state index contributed by atoms with van der Waals surface area (Å²) in [6.45, 7) is 0.362. The van der Waals surface area contributed by atoms with Crippen LogP contribution in [-0.4, -0.2) is 41.6 Å². The molecule has 1 aliphatic heterocycles. The van der Waals surface area contributed by atoms with E-state index < -0.39 is 35.1 Å². The van der Waals surface area contributed by atoms with Crippen LogP contribution in [0.25, 0.3) is 0 Å². The van der Waals surface area contributed by atoms with Crippen molar-refractivity contribution < 1.29 is 39.1 Å². The van der Waals surface area contributed by atoms with Gasteiger partial charge in [0.25, 0.3) is 0 Å². The number of rotatable bonds is 8. The summed E-state index contributed by atoms with van der Waals surface area (Å²) in [5, 5.41) is 34.9. The van der Waals surface area contributed by atoms with Gasteiger partial charge >= 0.3 is 5.97 Å². The molecule has 2 aliphatic rings. The summed E-state index contributed by atoms with van der Waals surface area (Å²) in [5.41, 5.74) is -1.69. The summed E-state index contributed by atoms with van der Waals surface area (Å²) in [6, 6.07) is 28.9. The molecule has 1 fully saturated rings. The minimum atomic E-state index is -2.20. The summed E-state index contributed by atoms with van der Waals surface area (Å²) in [5.74, 6) is -2.20. The van der Waals surface area contributed by atoms with Gasteiger partial charge in [-0.15, -0.1) is 0 Å². The van der Waals surface area contributed by atoms with Crippen molar-refractivity contribution in [3.05, 3.63) is 119 Å². The number of ether oxygens (including phenoxy) is 4. The number of carboxylic acids is 1. The average Bonchev–Trinajstić information content (AvgIpc) is 3.39. The first-order valence-corrected chi connectivity index (χ1v) is 13.3. The summed E-state index contributed by atoms with van der Waals surface area (Å²) in [4.78, 5) is 12.8. The molecule has 5 atom stereocenters. The molecule has 6 rings (SSSR count). The van der Waals surface area contributed by atoms with E-state index in [1.165, 1.54) is 14.2 Å². The molecular weight excluding hydrogens is 524 g/mol. The molecule has 2 unspecified atom stereocenters. The molecule has 1 heterocycles. The molecule has 8 nitrogen and oxygen atoms in total. The van der Waals surface area contributed by atoms with Crippen LogP contribution in [0, 0.1) is 5.92 Å². The fourth-order valence-corrected chi connectivity index (χ4v) is 6.48. The van der Waals surface area contributed by atoms with Gasteiger partial charge in [0, 0.05) is 18.1 Å². The van der Waals surface area contributed by atoms with Crippen molar-refractivity contribution in [1.82, 2.24) is 0 Å². The Kier molecular flexibility index (Phi) is 6.60. The van der Waals surface area contributed by atoms with Gasteiger partial charge in [0.15, 0.2) is 11.2 Å². The number of hydrogen-bond acceptors (Lipinski definition) is 7. The molecule has 0 radical (unpaired) electrons. The largest absolute Gasteiger partial charge is 0.496 e. The van der Waals surface area contributed by atoms with Gasteiger partial charge in [-0.25, -0.2) is 0 Å². The number of methoxy groups -OCH3 is 2. The maximum atomic E-state index is 12.8. The second-order valence-corrected chi connectivity index (χ2v) is 10.3. The third kappa shape index (κ3) is 3.94. The second kappa shape index (κ2) is 10.1. The molecule has 3 N–H and O–H groups in total. The lowest BCUT2D eigenvalue weighted by molar-refractivity contribution is -0.159. The highest BCUT2D eigenvalue weighted by atomic mass is 16.5. The summed E-state index contributed by atoms with van der Waals surface area (Å²) in [6.07, 6.45) is -1.75. The number of aliphatic hydroxyl groups excluding tert-OH is 1. The van der Waals surface area contributed by atoms with E-state index in [0.29, 0.717) is 29.2 Å². The first-order valence-electron chi connectivity index (χ1n) is 13.3. The predicted octanol–water partition coefficient (Wildman–Crippen LogP) is 4.62. The van der Waals surface area contributed by atoms with E-state index in [0.717, 1.165) is 5.56 Å². The zero-order valence-electron chi connectivity index (χ0n) is 22.6. The molecule has 0 aromatic heterocycles. The normalized spacial score (nSPS) is 26.0. The van der Waals surface area contributed by atoms with Crippen molar-refractivity contribution in [3.63, 3.8) is 0 Å². The van der Waals surface area contributed by atoms with Gasteiger partial charge in [0.2, 0.25) is 0 Å². The molecule has 1 saturated carbocycles. The molecule has 1 aliphatic carbocycles. The lowest BCUT2D eigenvalue weighted by Gasteiger charge is -2.40. The van der Waals surface area contributed by atoms with Crippen LogP contribution in [0.1, 0.15) is 28.2 Å². The van der Waals surface area contributed by atoms with Crippen LogP contribution >= 0.6 is 0 Å². The van der Waals surface area contributed by atoms with Gasteiger partial charge in [-0.05, 0) is 28.8 Å². The molecule has 0 amide bonds. The molecule has 41 heavy (non-hydrogen) atoms. The third-order valence-electron chi connectivity index (χ3n) is 8.25. The van der Waals surface area contributed by atoms with E-state index in [9.17, 15) is 20.1 Å². The molecule has 0 spiro atoms. The molecule has 4 aromatic rings. The zero-order valence-corrected chi connectivity index (χ0v) is 22.6. The van der Waals surface area contributed by atoms with Gasteiger partial charge < -0.3 is 34.3 Å². The van der Waals surface area contributed by atoms with Crippen LogP contribution in [0.15, 0.2) is 97.1 Å². The standard InChI is InChI=1S/C33H30O8/c1-38-24-17-25(39-2)29-26(18-24)41-33(22-13-15-23(16-14-22)40-19-20-9-5-3-6-10-20)28(21-11-7-4-8-12-21)27(31(35)36)30(34)32(29,33)37/h3-18,27-28,30,34,37H,19H2,1-2H3,(H,35,36)/t27?,28?,30-,32+,33+/m1/s1. The highest BCUT2D eigenvalue weighted by molar-refractivity contribution is 5.77. The van der Waals surface area contributed by atoms with Crippen molar-refractivity contribution in [2.45, 2.75) is 29.8 Å². The Morgan fingerprint density at radius 3 is 2.15 bits per heavy atom. The Balaban J connectivity index is 1.54. The first kappa shape index (κ1) is 26.7. The Hall–Kier alpha value is -4.53. The molecular formula is C33H30O8. The number of aliphatic carboxylic acids is 1. The Morgan fingerprint density at radius 1 is 0.878 bits per heavy atom. The van der Waals surface area contributed by atoms with Crippen LogP contribution in [0.2, 0.25) is 0 Å². The maximum absolute atomic E-state index is 12.8. The van der Waals surface area contributed by atoms with Crippen LogP contribution in [0.3, 0.4) is 0 Å². The third-order valence-corrected chi connectivity index (χ3v) is 8.25. The van der Waals surface area contributed by atoms with Crippen LogP contribution < -0.4 is 18.9 Å². The zero-order chi connectivity index (χ0) is 28.8. The quantitative estimate of drug-likeness (QED) is 0.289. The molecule has 0 saturated heterocycles. The smallest absolute Gasteiger partial charge is 0.310 e. The molecule has 8 heteroatoms. The van der Waals surface area contributed by atoms with E-state index in [1.54, 1.807) is 60.7 Å². The number of hydrogen-bond donors (Lipinski definition) is 3. The van der Waals surface area contributed by atoms with Crippen molar-refractivity contribution in [2.75, 3.05) is 14.2 Å². The Morgan fingerprint density at radius 2 is 1.54 bits per heavy atom.